The van der Waals surface area contributed by atoms with Crippen molar-refractivity contribution in [2.24, 2.45) is 0 Å². The maximum atomic E-state index is 12.3. The van der Waals surface area contributed by atoms with Crippen LogP contribution in [0.25, 0.3) is 0 Å². The van der Waals surface area contributed by atoms with Crippen molar-refractivity contribution in [2.45, 2.75) is 30.8 Å². The first-order valence-electron chi connectivity index (χ1n) is 8.24. The predicted molar refractivity (Wildman–Crippen MR) is 96.7 cm³/mol. The lowest BCUT2D eigenvalue weighted by atomic mass is 10.0. The lowest BCUT2D eigenvalue weighted by molar-refractivity contribution is 0.132. The third-order valence-corrected chi connectivity index (χ3v) is 5.44. The fourth-order valence-electron chi connectivity index (χ4n) is 2.85. The summed E-state index contributed by atoms with van der Waals surface area (Å²) in [5, 5.41) is 8.88. The fourth-order valence-corrected chi connectivity index (χ4v) is 3.91. The van der Waals surface area contributed by atoms with Gasteiger partial charge in [-0.05, 0) is 38.1 Å². The van der Waals surface area contributed by atoms with Crippen LogP contribution in [0.15, 0.2) is 47.4 Å². The van der Waals surface area contributed by atoms with E-state index in [4.69, 9.17) is 14.7 Å². The van der Waals surface area contributed by atoms with Crippen molar-refractivity contribution in [3.05, 3.63) is 53.6 Å². The third-order valence-electron chi connectivity index (χ3n) is 3.98. The lowest BCUT2D eigenvalue weighted by Gasteiger charge is -2.18. The van der Waals surface area contributed by atoms with Gasteiger partial charge in [-0.3, -0.25) is 0 Å². The molecule has 0 amide bonds. The van der Waals surface area contributed by atoms with Gasteiger partial charge in [0.05, 0.1) is 16.5 Å². The van der Waals surface area contributed by atoms with Gasteiger partial charge in [0.2, 0.25) is 10.0 Å². The van der Waals surface area contributed by atoms with Crippen molar-refractivity contribution in [1.82, 2.24) is 4.72 Å². The first-order valence-corrected chi connectivity index (χ1v) is 9.73. The van der Waals surface area contributed by atoms with Crippen LogP contribution in [0.1, 0.15) is 25.0 Å². The topological polar surface area (TPSA) is 88.4 Å². The highest BCUT2D eigenvalue weighted by Crippen LogP contribution is 2.41. The van der Waals surface area contributed by atoms with Gasteiger partial charge in [0, 0.05) is 18.5 Å². The molecule has 1 aliphatic heterocycles. The quantitative estimate of drug-likeness (QED) is 0.788. The summed E-state index contributed by atoms with van der Waals surface area (Å²) in [6.45, 7) is 4.30. The molecule has 6 nitrogen and oxygen atoms in total. The normalized spacial score (nSPS) is 15.0. The van der Waals surface area contributed by atoms with Crippen LogP contribution in [0.2, 0.25) is 0 Å². The molecule has 2 aromatic carbocycles. The van der Waals surface area contributed by atoms with E-state index >= 15 is 0 Å². The van der Waals surface area contributed by atoms with E-state index in [0.29, 0.717) is 11.3 Å². The Morgan fingerprint density at radius 2 is 2.04 bits per heavy atom. The number of ether oxygens (including phenoxy) is 2. The zero-order valence-corrected chi connectivity index (χ0v) is 15.5. The minimum Gasteiger partial charge on any atom is -0.488 e. The Morgan fingerprint density at radius 1 is 1.27 bits per heavy atom. The summed E-state index contributed by atoms with van der Waals surface area (Å²) >= 11 is 0. The van der Waals surface area contributed by atoms with Crippen molar-refractivity contribution < 1.29 is 17.9 Å². The molecule has 26 heavy (non-hydrogen) atoms. The number of benzene rings is 2. The molecule has 0 bridgehead atoms. The molecule has 0 spiro atoms. The Kier molecular flexibility index (Phi) is 4.90. The molecular weight excluding hydrogens is 352 g/mol. The third kappa shape index (κ3) is 3.98. The zero-order valence-electron chi connectivity index (χ0n) is 14.7. The second-order valence-corrected chi connectivity index (χ2v) is 8.44. The molecule has 0 atom stereocenters. The van der Waals surface area contributed by atoms with Crippen LogP contribution in [-0.2, 0) is 16.4 Å². The molecule has 0 fully saturated rings. The van der Waals surface area contributed by atoms with Gasteiger partial charge in [0.25, 0.3) is 0 Å². The number of sulfonamides is 1. The summed E-state index contributed by atoms with van der Waals surface area (Å²) in [4.78, 5) is 0.0576. The molecular formula is C19H20N2O4S. The minimum absolute atomic E-state index is 0.0576. The first kappa shape index (κ1) is 18.2. The SMILES string of the molecule is CC1(C)Cc2cccc(OCCNS(=O)(=O)c3cccc(C#N)c3)c2O1. The van der Waals surface area contributed by atoms with Crippen LogP contribution in [-0.4, -0.2) is 27.2 Å². The largest absolute Gasteiger partial charge is 0.488 e. The van der Waals surface area contributed by atoms with Crippen molar-refractivity contribution in [3.8, 4) is 17.6 Å². The second-order valence-electron chi connectivity index (χ2n) is 6.67. The molecule has 1 aliphatic rings. The highest BCUT2D eigenvalue weighted by Gasteiger charge is 2.32. The Hall–Kier alpha value is -2.56. The second kappa shape index (κ2) is 6.98. The molecule has 1 N–H and O–H groups in total. The van der Waals surface area contributed by atoms with Crippen LogP contribution >= 0.6 is 0 Å². The molecule has 1 heterocycles. The molecule has 0 aromatic heterocycles. The summed E-state index contributed by atoms with van der Waals surface area (Å²) in [6.07, 6.45) is 0.807. The highest BCUT2D eigenvalue weighted by molar-refractivity contribution is 7.89. The first-order chi connectivity index (χ1) is 12.3. The van der Waals surface area contributed by atoms with Gasteiger partial charge in [-0.2, -0.15) is 5.26 Å². The summed E-state index contributed by atoms with van der Waals surface area (Å²) in [5.41, 5.74) is 1.11. The fraction of sp³-hybridized carbons (Fsp3) is 0.316. The van der Waals surface area contributed by atoms with Crippen molar-refractivity contribution in [3.63, 3.8) is 0 Å². The predicted octanol–water partition coefficient (Wildman–Crippen LogP) is 2.63. The maximum Gasteiger partial charge on any atom is 0.240 e. The van der Waals surface area contributed by atoms with Gasteiger partial charge in [-0.25, -0.2) is 13.1 Å². The molecule has 0 saturated heterocycles. The van der Waals surface area contributed by atoms with Gasteiger partial charge >= 0.3 is 0 Å². The number of para-hydroxylation sites is 1. The van der Waals surface area contributed by atoms with Crippen molar-refractivity contribution in [1.29, 1.82) is 5.26 Å². The van der Waals surface area contributed by atoms with Gasteiger partial charge in [-0.15, -0.1) is 0 Å². The molecule has 2 aromatic rings. The average molecular weight is 372 g/mol. The van der Waals surface area contributed by atoms with Crippen LogP contribution in [0.4, 0.5) is 0 Å². The molecule has 0 saturated carbocycles. The van der Waals surface area contributed by atoms with Gasteiger partial charge in [-0.1, -0.05) is 18.2 Å². The zero-order chi connectivity index (χ0) is 18.8. The number of nitrogens with one attached hydrogen (secondary N) is 1. The number of nitrogens with zero attached hydrogens (tertiary/aromatic N) is 1. The Balaban J connectivity index is 1.60. The van der Waals surface area contributed by atoms with Gasteiger partial charge < -0.3 is 9.47 Å². The minimum atomic E-state index is -3.69. The summed E-state index contributed by atoms with van der Waals surface area (Å²) in [7, 11) is -3.69. The van der Waals surface area contributed by atoms with Crippen LogP contribution in [0, 0.1) is 11.3 Å². The van der Waals surface area contributed by atoms with Gasteiger partial charge in [0.15, 0.2) is 11.5 Å². The standard InChI is InChI=1S/C19H20N2O4S/c1-19(2)12-15-6-4-8-17(18(15)25-19)24-10-9-21-26(22,23)16-7-3-5-14(11-16)13-20/h3-8,11,21H,9-10,12H2,1-2H3. The van der Waals surface area contributed by atoms with Crippen LogP contribution in [0.3, 0.4) is 0 Å². The Bertz CT molecular complexity index is 962. The summed E-state index contributed by atoms with van der Waals surface area (Å²) in [5.74, 6) is 1.33. The number of rotatable bonds is 6. The molecule has 0 aliphatic carbocycles. The molecule has 0 unspecified atom stereocenters. The molecule has 0 radical (unpaired) electrons. The molecule has 3 rings (SSSR count). The number of hydrogen-bond donors (Lipinski definition) is 1. The van der Waals surface area contributed by atoms with E-state index < -0.39 is 10.0 Å². The Morgan fingerprint density at radius 3 is 2.81 bits per heavy atom. The van der Waals surface area contributed by atoms with Crippen molar-refractivity contribution >= 4 is 10.0 Å². The number of nitriles is 1. The average Bonchev–Trinajstić information content (AvgIpc) is 2.93. The van der Waals surface area contributed by atoms with Crippen molar-refractivity contribution in [2.75, 3.05) is 13.2 Å². The van der Waals surface area contributed by atoms with E-state index in [1.807, 2.05) is 38.1 Å². The monoisotopic (exact) mass is 372 g/mol. The summed E-state index contributed by atoms with van der Waals surface area (Å²) in [6, 6.07) is 13.5. The van der Waals surface area contributed by atoms with E-state index in [1.54, 1.807) is 6.07 Å². The molecule has 7 heteroatoms. The number of fused-ring (bicyclic) bond motifs is 1. The van der Waals surface area contributed by atoms with E-state index in [2.05, 4.69) is 4.72 Å². The van der Waals surface area contributed by atoms with Crippen LogP contribution in [0.5, 0.6) is 11.5 Å². The van der Waals surface area contributed by atoms with E-state index in [1.165, 1.54) is 18.2 Å². The highest BCUT2D eigenvalue weighted by atomic mass is 32.2. The maximum absolute atomic E-state index is 12.3. The smallest absolute Gasteiger partial charge is 0.240 e. The summed E-state index contributed by atoms with van der Waals surface area (Å²) < 4.78 is 38.7. The lowest BCUT2D eigenvalue weighted by Crippen LogP contribution is -2.28. The van der Waals surface area contributed by atoms with E-state index in [-0.39, 0.29) is 23.6 Å². The van der Waals surface area contributed by atoms with E-state index in [9.17, 15) is 8.42 Å². The molecule has 136 valence electrons. The van der Waals surface area contributed by atoms with Crippen LogP contribution < -0.4 is 14.2 Å². The van der Waals surface area contributed by atoms with Gasteiger partial charge in [0.1, 0.15) is 12.2 Å². The Labute approximate surface area is 153 Å². The van der Waals surface area contributed by atoms with E-state index in [0.717, 1.165) is 17.7 Å². The number of hydrogen-bond acceptors (Lipinski definition) is 5.